The van der Waals surface area contributed by atoms with Gasteiger partial charge in [0.25, 0.3) is 5.91 Å². The van der Waals surface area contributed by atoms with Gasteiger partial charge in [0.1, 0.15) is 11.5 Å². The minimum Gasteiger partial charge on any atom is -0.365 e. The molecule has 1 fully saturated rings. The Morgan fingerprint density at radius 1 is 1.03 bits per heavy atom. The molecule has 5 rings (SSSR count). The zero-order valence-electron chi connectivity index (χ0n) is 19.4. The van der Waals surface area contributed by atoms with E-state index in [9.17, 15) is 4.79 Å². The number of nitrogens with zero attached hydrogens (tertiary/aromatic N) is 4. The van der Waals surface area contributed by atoms with Gasteiger partial charge in [-0.2, -0.15) is 0 Å². The number of aromatic nitrogens is 2. The summed E-state index contributed by atoms with van der Waals surface area (Å²) in [5.74, 6) is 0.954. The van der Waals surface area contributed by atoms with E-state index in [2.05, 4.69) is 47.6 Å². The van der Waals surface area contributed by atoms with E-state index in [1.165, 1.54) is 17.7 Å². The first-order valence-electron chi connectivity index (χ1n) is 12.0. The Balaban J connectivity index is 1.42. The molecule has 3 heterocycles. The third-order valence-electron chi connectivity index (χ3n) is 6.92. The molecular weight excluding hydrogens is 432 g/mol. The minimum absolute atomic E-state index is 0.0663. The topological polar surface area (TPSA) is 41.4 Å². The van der Waals surface area contributed by atoms with Gasteiger partial charge in [0.05, 0.1) is 5.69 Å². The van der Waals surface area contributed by atoms with Gasteiger partial charge in [-0.25, -0.2) is 4.98 Å². The quantitative estimate of drug-likeness (QED) is 0.509. The van der Waals surface area contributed by atoms with Crippen molar-refractivity contribution in [2.45, 2.75) is 52.1 Å². The lowest BCUT2D eigenvalue weighted by molar-refractivity contribution is 0.0719. The van der Waals surface area contributed by atoms with Crippen LogP contribution in [0.4, 0.5) is 5.69 Å². The van der Waals surface area contributed by atoms with Crippen LogP contribution in [0.5, 0.6) is 0 Å². The second-order valence-corrected chi connectivity index (χ2v) is 9.77. The zero-order valence-corrected chi connectivity index (χ0v) is 20.2. The summed E-state index contributed by atoms with van der Waals surface area (Å²) in [5.41, 5.74) is 5.23. The lowest BCUT2D eigenvalue weighted by Gasteiger charge is -2.41. The predicted molar refractivity (Wildman–Crippen MR) is 134 cm³/mol. The highest BCUT2D eigenvalue weighted by molar-refractivity contribution is 6.30. The maximum atomic E-state index is 13.7. The first-order valence-corrected chi connectivity index (χ1v) is 12.4. The third-order valence-corrected chi connectivity index (χ3v) is 7.17. The number of benzene rings is 2. The van der Waals surface area contributed by atoms with Crippen molar-refractivity contribution >= 4 is 23.2 Å². The van der Waals surface area contributed by atoms with E-state index in [0.29, 0.717) is 23.8 Å². The first-order chi connectivity index (χ1) is 16.0. The number of anilines is 1. The van der Waals surface area contributed by atoms with Crippen LogP contribution in [-0.4, -0.2) is 46.0 Å². The fourth-order valence-electron chi connectivity index (χ4n) is 5.19. The Hall–Kier alpha value is -2.79. The number of hydrogen-bond acceptors (Lipinski definition) is 3. The maximum Gasteiger partial charge on any atom is 0.274 e. The number of halogens is 1. The SMILES string of the molecule is Cc1cccc(N2CCN(C(=O)c3nc(-c4ccc(Cl)cc4)n4c3CCCCC4)C[C@H]2C)c1. The van der Waals surface area contributed by atoms with Crippen LogP contribution < -0.4 is 4.90 Å². The Labute approximate surface area is 201 Å². The van der Waals surface area contributed by atoms with Gasteiger partial charge in [0.15, 0.2) is 0 Å². The highest BCUT2D eigenvalue weighted by atomic mass is 35.5. The lowest BCUT2D eigenvalue weighted by atomic mass is 10.1. The molecule has 172 valence electrons. The number of hydrogen-bond donors (Lipinski definition) is 0. The number of carbonyl (C=O) groups excluding carboxylic acids is 1. The molecule has 0 spiro atoms. The Bertz CT molecular complexity index is 1150. The molecule has 1 aromatic heterocycles. The molecule has 0 radical (unpaired) electrons. The molecule has 1 saturated heterocycles. The number of piperazine rings is 1. The van der Waals surface area contributed by atoms with E-state index in [0.717, 1.165) is 49.4 Å². The number of amides is 1. The average Bonchev–Trinajstić information content (AvgIpc) is 2.99. The molecule has 3 aromatic rings. The van der Waals surface area contributed by atoms with Crippen LogP contribution in [0, 0.1) is 6.92 Å². The van der Waals surface area contributed by atoms with E-state index in [-0.39, 0.29) is 11.9 Å². The number of imidazole rings is 1. The van der Waals surface area contributed by atoms with Crippen LogP contribution in [0.3, 0.4) is 0 Å². The minimum atomic E-state index is 0.0663. The number of carbonyl (C=O) groups is 1. The van der Waals surface area contributed by atoms with Gasteiger partial charge >= 0.3 is 0 Å². The number of rotatable bonds is 3. The van der Waals surface area contributed by atoms with Crippen LogP contribution in [0.15, 0.2) is 48.5 Å². The normalized spacial score (nSPS) is 18.7. The van der Waals surface area contributed by atoms with Gasteiger partial charge in [-0.05, 0) is 75.1 Å². The summed E-state index contributed by atoms with van der Waals surface area (Å²) in [6.07, 6.45) is 4.30. The molecule has 2 aliphatic rings. The van der Waals surface area contributed by atoms with E-state index >= 15 is 0 Å². The molecule has 0 bridgehead atoms. The smallest absolute Gasteiger partial charge is 0.274 e. The second kappa shape index (κ2) is 9.22. The Morgan fingerprint density at radius 2 is 1.85 bits per heavy atom. The lowest BCUT2D eigenvalue weighted by Crippen LogP contribution is -2.54. The summed E-state index contributed by atoms with van der Waals surface area (Å²) in [4.78, 5) is 23.1. The molecule has 0 unspecified atom stereocenters. The van der Waals surface area contributed by atoms with Crippen molar-refractivity contribution in [3.05, 3.63) is 70.5 Å². The number of aryl methyl sites for hydroxylation is 1. The Kier molecular flexibility index (Phi) is 6.15. The largest absolute Gasteiger partial charge is 0.365 e. The molecule has 2 aliphatic heterocycles. The molecule has 1 atom stereocenters. The summed E-state index contributed by atoms with van der Waals surface area (Å²) < 4.78 is 2.27. The van der Waals surface area contributed by atoms with Crippen molar-refractivity contribution in [1.82, 2.24) is 14.5 Å². The predicted octanol–water partition coefficient (Wildman–Crippen LogP) is 5.59. The molecule has 0 saturated carbocycles. The van der Waals surface area contributed by atoms with Crippen molar-refractivity contribution in [2.24, 2.45) is 0 Å². The van der Waals surface area contributed by atoms with Gasteiger partial charge in [-0.3, -0.25) is 4.79 Å². The van der Waals surface area contributed by atoms with Gasteiger partial charge in [0, 0.05) is 48.5 Å². The molecular formula is C27H31ClN4O. The molecule has 2 aromatic carbocycles. The highest BCUT2D eigenvalue weighted by Crippen LogP contribution is 2.30. The molecule has 33 heavy (non-hydrogen) atoms. The van der Waals surface area contributed by atoms with Crippen LogP contribution in [-0.2, 0) is 13.0 Å². The van der Waals surface area contributed by atoms with Crippen molar-refractivity contribution in [1.29, 1.82) is 0 Å². The van der Waals surface area contributed by atoms with E-state index in [1.807, 2.05) is 29.2 Å². The van der Waals surface area contributed by atoms with Crippen LogP contribution >= 0.6 is 11.6 Å². The first kappa shape index (κ1) is 22.0. The van der Waals surface area contributed by atoms with Gasteiger partial charge in [-0.15, -0.1) is 0 Å². The molecule has 0 N–H and O–H groups in total. The van der Waals surface area contributed by atoms with Crippen LogP contribution in [0.2, 0.25) is 5.02 Å². The van der Waals surface area contributed by atoms with Crippen molar-refractivity contribution in [3.8, 4) is 11.4 Å². The van der Waals surface area contributed by atoms with Crippen molar-refractivity contribution < 1.29 is 4.79 Å². The third kappa shape index (κ3) is 4.39. The zero-order chi connectivity index (χ0) is 22.9. The number of fused-ring (bicyclic) bond motifs is 1. The Morgan fingerprint density at radius 3 is 2.61 bits per heavy atom. The molecule has 5 nitrogen and oxygen atoms in total. The van der Waals surface area contributed by atoms with Gasteiger partial charge in [-0.1, -0.05) is 30.2 Å². The van der Waals surface area contributed by atoms with Crippen molar-refractivity contribution in [3.63, 3.8) is 0 Å². The van der Waals surface area contributed by atoms with Gasteiger partial charge < -0.3 is 14.4 Å². The summed E-state index contributed by atoms with van der Waals surface area (Å²) in [7, 11) is 0. The summed E-state index contributed by atoms with van der Waals surface area (Å²) in [6.45, 7) is 7.47. The standard InChI is InChI=1S/C27H31ClN4O/c1-19-7-6-8-23(17-19)31-16-15-30(18-20(31)2)27(33)25-24-9-4-3-5-14-32(24)26(29-25)21-10-12-22(28)13-11-21/h6-8,10-13,17,20H,3-5,9,14-16,18H2,1-2H3/t20-/m1/s1. The molecule has 6 heteroatoms. The van der Waals surface area contributed by atoms with Gasteiger partial charge in [0.2, 0.25) is 0 Å². The summed E-state index contributed by atoms with van der Waals surface area (Å²) in [5, 5.41) is 0.707. The maximum absolute atomic E-state index is 13.7. The van der Waals surface area contributed by atoms with E-state index < -0.39 is 0 Å². The fraction of sp³-hybridized carbons (Fsp3) is 0.407. The fourth-order valence-corrected chi connectivity index (χ4v) is 5.32. The highest BCUT2D eigenvalue weighted by Gasteiger charge is 2.32. The van der Waals surface area contributed by atoms with Crippen molar-refractivity contribution in [2.75, 3.05) is 24.5 Å². The van der Waals surface area contributed by atoms with Crippen LogP contribution in [0.1, 0.15) is 47.9 Å². The monoisotopic (exact) mass is 462 g/mol. The van der Waals surface area contributed by atoms with E-state index in [4.69, 9.17) is 16.6 Å². The summed E-state index contributed by atoms with van der Waals surface area (Å²) in [6, 6.07) is 16.6. The summed E-state index contributed by atoms with van der Waals surface area (Å²) >= 11 is 6.11. The molecule has 1 amide bonds. The average molecular weight is 463 g/mol. The van der Waals surface area contributed by atoms with E-state index in [1.54, 1.807) is 0 Å². The second-order valence-electron chi connectivity index (χ2n) is 9.33. The van der Waals surface area contributed by atoms with Crippen LogP contribution in [0.25, 0.3) is 11.4 Å². The molecule has 0 aliphatic carbocycles.